The van der Waals surface area contributed by atoms with Gasteiger partial charge in [0.15, 0.2) is 0 Å². The van der Waals surface area contributed by atoms with Crippen LogP contribution in [0.25, 0.3) is 0 Å². The molecule has 1 unspecified atom stereocenters. The van der Waals surface area contributed by atoms with Crippen LogP contribution in [-0.4, -0.2) is 18.2 Å². The molecule has 0 bridgehead atoms. The van der Waals surface area contributed by atoms with Crippen molar-refractivity contribution < 1.29 is 9.13 Å². The van der Waals surface area contributed by atoms with Crippen LogP contribution in [0.2, 0.25) is 0 Å². The lowest BCUT2D eigenvalue weighted by Gasteiger charge is -2.29. The van der Waals surface area contributed by atoms with Crippen LogP contribution in [-0.2, 0) is 16.7 Å². The van der Waals surface area contributed by atoms with Crippen molar-refractivity contribution in [2.45, 2.75) is 61.7 Å². The Morgan fingerprint density at radius 1 is 1.12 bits per heavy atom. The zero-order chi connectivity index (χ0) is 22.8. The van der Waals surface area contributed by atoms with Crippen molar-refractivity contribution in [2.24, 2.45) is 5.73 Å². The van der Waals surface area contributed by atoms with Crippen molar-refractivity contribution in [2.75, 3.05) is 11.9 Å². The van der Waals surface area contributed by atoms with Crippen LogP contribution >= 0.6 is 0 Å². The third-order valence-corrected chi connectivity index (χ3v) is 8.42. The highest BCUT2D eigenvalue weighted by atomic mass is 19.1. The predicted molar refractivity (Wildman–Crippen MR) is 130 cm³/mol. The van der Waals surface area contributed by atoms with Crippen LogP contribution < -0.4 is 10.6 Å². The molecule has 1 aliphatic heterocycles. The first-order valence-electron chi connectivity index (χ1n) is 12.0. The number of allylic oxidation sites excluding steroid dienone is 2. The molecule has 4 heteroatoms. The van der Waals surface area contributed by atoms with Crippen LogP contribution in [0.5, 0.6) is 0 Å². The van der Waals surface area contributed by atoms with Gasteiger partial charge in [0.05, 0.1) is 0 Å². The summed E-state index contributed by atoms with van der Waals surface area (Å²) in [6, 6.07) is 15.3. The van der Waals surface area contributed by atoms with Crippen LogP contribution in [0.15, 0.2) is 84.1 Å². The predicted octanol–water partition coefficient (Wildman–Crippen LogP) is 5.91. The Morgan fingerprint density at radius 3 is 2.61 bits per heavy atom. The first-order chi connectivity index (χ1) is 15.9. The minimum atomic E-state index is -0.221. The highest BCUT2D eigenvalue weighted by Crippen LogP contribution is 2.68. The van der Waals surface area contributed by atoms with Crippen molar-refractivity contribution in [3.8, 4) is 0 Å². The lowest BCUT2D eigenvalue weighted by molar-refractivity contribution is 0.234. The average Bonchev–Trinajstić information content (AvgIpc) is 3.71. The lowest BCUT2D eigenvalue weighted by atomic mass is 9.79. The number of epoxide rings is 1. The van der Waals surface area contributed by atoms with Crippen molar-refractivity contribution in [1.82, 2.24) is 0 Å². The molecule has 1 saturated heterocycles. The van der Waals surface area contributed by atoms with E-state index in [-0.39, 0.29) is 22.6 Å². The summed E-state index contributed by atoms with van der Waals surface area (Å²) in [6.07, 6.45) is 11.4. The van der Waals surface area contributed by atoms with Crippen LogP contribution in [0.3, 0.4) is 0 Å². The van der Waals surface area contributed by atoms with Crippen LogP contribution in [0.4, 0.5) is 10.1 Å². The second kappa shape index (κ2) is 7.15. The zero-order valence-corrected chi connectivity index (χ0v) is 19.2. The number of nitrogens with two attached hydrogens (primary N) is 1. The highest BCUT2D eigenvalue weighted by molar-refractivity contribution is 5.61. The molecule has 3 aliphatic carbocycles. The number of ether oxygens (including phenoxy) is 1. The van der Waals surface area contributed by atoms with Crippen molar-refractivity contribution in [3.05, 3.63) is 101 Å². The Hall–Kier alpha value is -2.69. The quantitative estimate of drug-likeness (QED) is 0.542. The third kappa shape index (κ3) is 3.15. The summed E-state index contributed by atoms with van der Waals surface area (Å²) in [6.45, 7) is 4.11. The number of likely N-dealkylation sites (N-methyl/N-ethyl adjacent to an activating group) is 1. The van der Waals surface area contributed by atoms with E-state index in [4.69, 9.17) is 10.5 Å². The molecule has 170 valence electrons. The molecule has 2 saturated carbocycles. The molecule has 3 nitrogen and oxygen atoms in total. The fourth-order valence-electron chi connectivity index (χ4n) is 6.21. The van der Waals surface area contributed by atoms with Gasteiger partial charge >= 0.3 is 0 Å². The normalized spacial score (nSPS) is 28.6. The Balaban J connectivity index is 1.24. The molecule has 2 aromatic rings. The number of hydrogen-bond acceptors (Lipinski definition) is 3. The number of halogens is 1. The molecular weight excluding hydrogens is 411 g/mol. The number of hydrogen-bond donors (Lipinski definition) is 1. The number of nitrogens with zero attached hydrogens (tertiary/aromatic N) is 1. The van der Waals surface area contributed by atoms with Gasteiger partial charge in [-0.15, -0.1) is 0 Å². The van der Waals surface area contributed by atoms with Gasteiger partial charge in [0.1, 0.15) is 17.0 Å². The average molecular weight is 443 g/mol. The topological polar surface area (TPSA) is 41.8 Å². The Bertz CT molecular complexity index is 1190. The van der Waals surface area contributed by atoms with E-state index in [0.29, 0.717) is 0 Å². The summed E-state index contributed by atoms with van der Waals surface area (Å²) >= 11 is 0. The zero-order valence-electron chi connectivity index (χ0n) is 19.2. The summed E-state index contributed by atoms with van der Waals surface area (Å²) < 4.78 is 20.0. The third-order valence-electron chi connectivity index (χ3n) is 8.42. The molecule has 0 amide bonds. The van der Waals surface area contributed by atoms with Crippen molar-refractivity contribution in [3.63, 3.8) is 0 Å². The van der Waals surface area contributed by atoms with E-state index < -0.39 is 0 Å². The molecule has 0 aromatic heterocycles. The molecule has 2 N–H and O–H groups in total. The first-order valence-corrected chi connectivity index (χ1v) is 12.0. The maximum absolute atomic E-state index is 13.4. The van der Waals surface area contributed by atoms with Gasteiger partial charge < -0.3 is 15.4 Å². The minimum Gasteiger partial charge on any atom is -0.357 e. The number of anilines is 1. The van der Waals surface area contributed by atoms with E-state index in [1.165, 1.54) is 34.4 Å². The maximum Gasteiger partial charge on any atom is 0.123 e. The van der Waals surface area contributed by atoms with Gasteiger partial charge in [0.2, 0.25) is 0 Å². The minimum absolute atomic E-state index is 0.0779. The molecule has 3 fully saturated rings. The van der Waals surface area contributed by atoms with Crippen molar-refractivity contribution in [1.29, 1.82) is 0 Å². The molecular formula is C29H31FN2O. The Kier molecular flexibility index (Phi) is 4.53. The van der Waals surface area contributed by atoms with E-state index in [0.717, 1.165) is 56.3 Å². The summed E-state index contributed by atoms with van der Waals surface area (Å²) in [4.78, 5) is 2.13. The van der Waals surface area contributed by atoms with Gasteiger partial charge in [-0.1, -0.05) is 36.9 Å². The van der Waals surface area contributed by atoms with E-state index >= 15 is 0 Å². The summed E-state index contributed by atoms with van der Waals surface area (Å²) in [5.41, 5.74) is 13.6. The summed E-state index contributed by atoms with van der Waals surface area (Å²) in [7, 11) is 2.04. The summed E-state index contributed by atoms with van der Waals surface area (Å²) in [5, 5.41) is 0. The monoisotopic (exact) mass is 442 g/mol. The van der Waals surface area contributed by atoms with E-state index in [1.807, 2.05) is 25.3 Å². The SMILES string of the molecule is C=CC1=C(N(C)c2ccc(F)cc2)C=C2CC[C@]3(CCc4ccccc4C4(N)CC4)OC23C1. The first kappa shape index (κ1) is 20.9. The summed E-state index contributed by atoms with van der Waals surface area (Å²) in [5.74, 6) is -0.221. The molecule has 33 heavy (non-hydrogen) atoms. The molecule has 1 spiro atoms. The van der Waals surface area contributed by atoms with Gasteiger partial charge in [0.25, 0.3) is 0 Å². The molecule has 1 heterocycles. The van der Waals surface area contributed by atoms with E-state index in [9.17, 15) is 4.39 Å². The fraction of sp³-hybridized carbons (Fsp3) is 0.379. The maximum atomic E-state index is 13.4. The largest absolute Gasteiger partial charge is 0.357 e. The molecule has 2 atom stereocenters. The van der Waals surface area contributed by atoms with Gasteiger partial charge in [0, 0.05) is 30.4 Å². The highest BCUT2D eigenvalue weighted by Gasteiger charge is 2.74. The molecule has 4 aliphatic rings. The molecule has 6 rings (SSSR count). The second-order valence-electron chi connectivity index (χ2n) is 10.2. The van der Waals surface area contributed by atoms with Gasteiger partial charge in [-0.05, 0) is 91.1 Å². The van der Waals surface area contributed by atoms with Gasteiger partial charge in [-0.25, -0.2) is 4.39 Å². The van der Waals surface area contributed by atoms with Gasteiger partial charge in [-0.2, -0.15) is 0 Å². The Labute approximate surface area is 195 Å². The number of rotatable bonds is 7. The molecule has 0 radical (unpaired) electrons. The van der Waals surface area contributed by atoms with E-state index in [2.05, 4.69) is 41.8 Å². The lowest BCUT2D eigenvalue weighted by Crippen LogP contribution is -2.29. The standard InChI is InChI=1S/C29H31FN2O/c1-3-20-19-29-22(18-26(20)32(2)24-10-8-23(30)9-11-24)13-15-28(29,33-29)14-12-21-6-4-5-7-25(21)27(31)16-17-27/h3-11,18H,1,12-17,19,31H2,2H3/t28-,29?/m0/s1. The van der Waals surface area contributed by atoms with Gasteiger partial charge in [-0.3, -0.25) is 0 Å². The molecule has 2 aromatic carbocycles. The fourth-order valence-corrected chi connectivity index (χ4v) is 6.21. The smallest absolute Gasteiger partial charge is 0.123 e. The van der Waals surface area contributed by atoms with Crippen LogP contribution in [0, 0.1) is 5.82 Å². The van der Waals surface area contributed by atoms with Crippen LogP contribution in [0.1, 0.15) is 49.7 Å². The second-order valence-corrected chi connectivity index (χ2v) is 10.2. The number of aryl methyl sites for hydroxylation is 1. The van der Waals surface area contributed by atoms with E-state index in [1.54, 1.807) is 0 Å². The van der Waals surface area contributed by atoms with Crippen molar-refractivity contribution >= 4 is 5.69 Å². The number of benzene rings is 2. The Morgan fingerprint density at radius 2 is 1.88 bits per heavy atom.